The lowest BCUT2D eigenvalue weighted by Gasteiger charge is -2.01. The number of benzene rings is 2. The molecule has 0 N–H and O–H groups in total. The fraction of sp³-hybridized carbons (Fsp3) is 0.0556. The Morgan fingerprint density at radius 2 is 1.87 bits per heavy atom. The van der Waals surface area contributed by atoms with Crippen molar-refractivity contribution >= 4 is 11.9 Å². The molecule has 3 rings (SSSR count). The van der Waals surface area contributed by atoms with Gasteiger partial charge in [-0.1, -0.05) is 18.2 Å². The SMILES string of the molecule is O=[N+](Cc1ccc(F)cc1)C(=Cn1ccnc1)c1ccccc1. The molecule has 1 heterocycles. The van der Waals surface area contributed by atoms with Crippen LogP contribution in [0.15, 0.2) is 73.3 Å². The van der Waals surface area contributed by atoms with Gasteiger partial charge >= 0.3 is 0 Å². The maximum Gasteiger partial charge on any atom is 0.280 e. The van der Waals surface area contributed by atoms with E-state index < -0.39 is 0 Å². The van der Waals surface area contributed by atoms with Crippen LogP contribution in [0.2, 0.25) is 0 Å². The first-order valence-electron chi connectivity index (χ1n) is 7.16. The lowest BCUT2D eigenvalue weighted by molar-refractivity contribution is -0.470. The van der Waals surface area contributed by atoms with Gasteiger partial charge in [0.15, 0.2) is 0 Å². The normalized spacial score (nSPS) is 11.4. The zero-order chi connectivity index (χ0) is 16.1. The van der Waals surface area contributed by atoms with Gasteiger partial charge in [-0.15, -0.1) is 0 Å². The zero-order valence-electron chi connectivity index (χ0n) is 12.3. The number of hydrogen-bond acceptors (Lipinski definition) is 2. The second kappa shape index (κ2) is 6.79. The Hall–Kier alpha value is -3.08. The van der Waals surface area contributed by atoms with Crippen LogP contribution in [0.3, 0.4) is 0 Å². The molecule has 1 aromatic heterocycles. The summed E-state index contributed by atoms with van der Waals surface area (Å²) in [6.07, 6.45) is 6.75. The highest BCUT2D eigenvalue weighted by Crippen LogP contribution is 2.18. The van der Waals surface area contributed by atoms with Gasteiger partial charge in [-0.25, -0.2) is 9.37 Å². The van der Waals surface area contributed by atoms with Crippen molar-refractivity contribution in [2.45, 2.75) is 6.54 Å². The number of nitrogens with zero attached hydrogens (tertiary/aromatic N) is 3. The molecule has 3 aromatic rings. The molecule has 0 unspecified atom stereocenters. The summed E-state index contributed by atoms with van der Waals surface area (Å²) in [6.45, 7) is 0.135. The summed E-state index contributed by atoms with van der Waals surface area (Å²) >= 11 is 0. The van der Waals surface area contributed by atoms with Gasteiger partial charge in [0, 0.05) is 27.6 Å². The van der Waals surface area contributed by atoms with E-state index in [2.05, 4.69) is 4.98 Å². The van der Waals surface area contributed by atoms with Gasteiger partial charge in [-0.3, -0.25) is 0 Å². The van der Waals surface area contributed by atoms with E-state index in [0.717, 1.165) is 15.9 Å². The summed E-state index contributed by atoms with van der Waals surface area (Å²) in [4.78, 5) is 16.6. The molecular formula is C18H15FN3O+. The minimum Gasteiger partial charge on any atom is -0.306 e. The lowest BCUT2D eigenvalue weighted by Crippen LogP contribution is -2.08. The van der Waals surface area contributed by atoms with Gasteiger partial charge in [-0.05, 0) is 36.4 Å². The number of hydrogen-bond donors (Lipinski definition) is 0. The van der Waals surface area contributed by atoms with Crippen LogP contribution in [-0.2, 0) is 6.54 Å². The average molecular weight is 308 g/mol. The molecule has 23 heavy (non-hydrogen) atoms. The molecule has 0 spiro atoms. The van der Waals surface area contributed by atoms with E-state index in [0.29, 0.717) is 5.70 Å². The van der Waals surface area contributed by atoms with Crippen molar-refractivity contribution in [3.05, 3.63) is 95.2 Å². The molecule has 0 aliphatic carbocycles. The van der Waals surface area contributed by atoms with Crippen LogP contribution in [0, 0.1) is 10.7 Å². The van der Waals surface area contributed by atoms with E-state index in [1.54, 1.807) is 41.6 Å². The predicted octanol–water partition coefficient (Wildman–Crippen LogP) is 3.96. The highest BCUT2D eigenvalue weighted by molar-refractivity contribution is 5.68. The molecule has 0 aliphatic rings. The Kier molecular flexibility index (Phi) is 4.38. The van der Waals surface area contributed by atoms with E-state index in [-0.39, 0.29) is 12.4 Å². The molecule has 0 saturated carbocycles. The lowest BCUT2D eigenvalue weighted by atomic mass is 10.1. The van der Waals surface area contributed by atoms with Crippen LogP contribution in [0.5, 0.6) is 0 Å². The van der Waals surface area contributed by atoms with Gasteiger partial charge in [0.05, 0.1) is 18.1 Å². The van der Waals surface area contributed by atoms with Crippen molar-refractivity contribution in [3.63, 3.8) is 0 Å². The first kappa shape index (κ1) is 14.8. The first-order chi connectivity index (χ1) is 11.2. The third-order valence-electron chi connectivity index (χ3n) is 3.37. The van der Waals surface area contributed by atoms with E-state index >= 15 is 0 Å². The second-order valence-electron chi connectivity index (χ2n) is 5.05. The summed E-state index contributed by atoms with van der Waals surface area (Å²) in [5.74, 6) is -0.316. The predicted molar refractivity (Wildman–Crippen MR) is 86.6 cm³/mol. The largest absolute Gasteiger partial charge is 0.306 e. The molecule has 4 nitrogen and oxygen atoms in total. The highest BCUT2D eigenvalue weighted by Gasteiger charge is 2.21. The van der Waals surface area contributed by atoms with Crippen molar-refractivity contribution in [2.75, 3.05) is 0 Å². The minimum absolute atomic E-state index is 0.135. The van der Waals surface area contributed by atoms with Gasteiger partial charge in [-0.2, -0.15) is 0 Å². The van der Waals surface area contributed by atoms with Gasteiger partial charge < -0.3 is 4.57 Å². The number of imidazole rings is 1. The molecule has 0 radical (unpaired) electrons. The van der Waals surface area contributed by atoms with Crippen molar-refractivity contribution in [2.24, 2.45) is 0 Å². The van der Waals surface area contributed by atoms with E-state index in [1.165, 1.54) is 12.1 Å². The minimum atomic E-state index is -0.316. The highest BCUT2D eigenvalue weighted by atomic mass is 19.1. The van der Waals surface area contributed by atoms with Crippen LogP contribution >= 0.6 is 0 Å². The Morgan fingerprint density at radius 3 is 2.52 bits per heavy atom. The summed E-state index contributed by atoms with van der Waals surface area (Å²) in [7, 11) is 0. The first-order valence-corrected chi connectivity index (χ1v) is 7.16. The molecule has 0 fully saturated rings. The Balaban J connectivity index is 1.92. The van der Waals surface area contributed by atoms with Crippen molar-refractivity contribution in [1.29, 1.82) is 0 Å². The van der Waals surface area contributed by atoms with Crippen LogP contribution in [-0.4, -0.2) is 14.3 Å². The molecular weight excluding hydrogens is 293 g/mol. The van der Waals surface area contributed by atoms with Gasteiger partial charge in [0.25, 0.3) is 5.70 Å². The molecule has 2 aromatic carbocycles. The van der Waals surface area contributed by atoms with Crippen LogP contribution in [0.4, 0.5) is 4.39 Å². The second-order valence-corrected chi connectivity index (χ2v) is 5.05. The standard InChI is InChI=1S/C18H15FN3O/c19-17-8-6-15(7-9-17)12-22(23)18(13-21-11-10-20-14-21)16-4-2-1-3-5-16/h1-11,13-14H,12H2/q+1. The molecule has 5 heteroatoms. The molecule has 0 bridgehead atoms. The van der Waals surface area contributed by atoms with Crippen molar-refractivity contribution in [3.8, 4) is 0 Å². The van der Waals surface area contributed by atoms with Crippen LogP contribution in [0.25, 0.3) is 11.9 Å². The summed E-state index contributed by atoms with van der Waals surface area (Å²) < 4.78 is 15.6. The van der Waals surface area contributed by atoms with Gasteiger partial charge in [0.1, 0.15) is 5.82 Å². The van der Waals surface area contributed by atoms with E-state index in [4.69, 9.17) is 0 Å². The van der Waals surface area contributed by atoms with E-state index in [1.807, 2.05) is 30.3 Å². The molecule has 114 valence electrons. The van der Waals surface area contributed by atoms with Crippen molar-refractivity contribution < 1.29 is 9.15 Å². The number of rotatable bonds is 5. The summed E-state index contributed by atoms with van der Waals surface area (Å²) in [5.41, 5.74) is 2.06. The summed E-state index contributed by atoms with van der Waals surface area (Å²) in [6, 6.07) is 15.3. The van der Waals surface area contributed by atoms with Crippen LogP contribution < -0.4 is 0 Å². The average Bonchev–Trinajstić information content (AvgIpc) is 3.09. The molecule has 0 aliphatic heterocycles. The Bertz CT molecular complexity index is 809. The number of halogens is 1. The topological polar surface area (TPSA) is 37.9 Å². The third kappa shape index (κ3) is 3.77. The van der Waals surface area contributed by atoms with E-state index in [9.17, 15) is 9.30 Å². The number of aromatic nitrogens is 2. The molecule has 0 saturated heterocycles. The van der Waals surface area contributed by atoms with Crippen LogP contribution in [0.1, 0.15) is 11.1 Å². The summed E-state index contributed by atoms with van der Waals surface area (Å²) in [5, 5.41) is 0. The molecule has 0 amide bonds. The Labute approximate surface area is 133 Å². The fourth-order valence-corrected chi connectivity index (χ4v) is 2.22. The number of nitroso groups, excluding NO2 is 1. The van der Waals surface area contributed by atoms with Crippen molar-refractivity contribution in [1.82, 2.24) is 9.55 Å². The zero-order valence-corrected chi connectivity index (χ0v) is 12.3. The molecule has 0 atom stereocenters. The Morgan fingerprint density at radius 1 is 1.13 bits per heavy atom. The van der Waals surface area contributed by atoms with Gasteiger partial charge in [0.2, 0.25) is 6.54 Å². The monoisotopic (exact) mass is 308 g/mol. The fourth-order valence-electron chi connectivity index (χ4n) is 2.22. The maximum absolute atomic E-state index is 13.0. The smallest absolute Gasteiger partial charge is 0.280 e. The quantitative estimate of drug-likeness (QED) is 0.669. The third-order valence-corrected chi connectivity index (χ3v) is 3.37. The maximum atomic E-state index is 13.0.